The fourth-order valence-corrected chi connectivity index (χ4v) is 2.43. The first-order valence-electron chi connectivity index (χ1n) is 6.23. The van der Waals surface area contributed by atoms with Crippen LogP contribution in [0.15, 0.2) is 6.07 Å². The summed E-state index contributed by atoms with van der Waals surface area (Å²) in [6.07, 6.45) is -0.496. The topological polar surface area (TPSA) is 37.8 Å². The molecule has 0 saturated heterocycles. The van der Waals surface area contributed by atoms with Gasteiger partial charge in [-0.2, -0.15) is 13.2 Å². The van der Waals surface area contributed by atoms with Crippen LogP contribution in [0.2, 0.25) is 5.28 Å². The van der Waals surface area contributed by atoms with Crippen LogP contribution in [-0.4, -0.2) is 16.0 Å². The quantitative estimate of drug-likeness (QED) is 0.833. The number of nitrogens with one attached hydrogen (secondary N) is 1. The molecule has 19 heavy (non-hydrogen) atoms. The van der Waals surface area contributed by atoms with Gasteiger partial charge in [-0.05, 0) is 43.2 Å². The maximum atomic E-state index is 12.6. The first kappa shape index (κ1) is 14.4. The highest BCUT2D eigenvalue weighted by molar-refractivity contribution is 6.28. The van der Waals surface area contributed by atoms with Crippen molar-refractivity contribution >= 4 is 17.4 Å². The van der Waals surface area contributed by atoms with Crippen molar-refractivity contribution in [3.8, 4) is 0 Å². The van der Waals surface area contributed by atoms with Crippen molar-refractivity contribution in [1.82, 2.24) is 9.97 Å². The average molecular weight is 294 g/mol. The van der Waals surface area contributed by atoms with Crippen LogP contribution in [0.3, 0.4) is 0 Å². The Hall–Kier alpha value is -1.04. The van der Waals surface area contributed by atoms with E-state index in [-0.39, 0.29) is 17.1 Å². The third-order valence-corrected chi connectivity index (χ3v) is 3.53. The zero-order valence-electron chi connectivity index (χ0n) is 10.5. The van der Waals surface area contributed by atoms with Gasteiger partial charge in [0.2, 0.25) is 5.28 Å². The molecule has 0 spiro atoms. The average Bonchev–Trinajstić information content (AvgIpc) is 2.30. The third kappa shape index (κ3) is 3.96. The molecule has 0 radical (unpaired) electrons. The molecule has 7 heteroatoms. The Morgan fingerprint density at radius 1 is 1.21 bits per heavy atom. The van der Waals surface area contributed by atoms with E-state index in [2.05, 4.69) is 22.2 Å². The molecular formula is C12H15ClF3N3. The van der Waals surface area contributed by atoms with Gasteiger partial charge in [0.05, 0.1) is 0 Å². The molecule has 1 heterocycles. The minimum Gasteiger partial charge on any atom is -0.367 e. The minimum absolute atomic E-state index is 0.145. The van der Waals surface area contributed by atoms with E-state index in [0.717, 1.165) is 31.7 Å². The standard InChI is InChI=1S/C12H15ClF3N3/c1-7-2-4-8(5-3-7)17-10-6-9(12(14,15)16)18-11(13)19-10/h6-8H,2-5H2,1H3,(H,17,18,19). The zero-order chi connectivity index (χ0) is 14.0. The lowest BCUT2D eigenvalue weighted by Crippen LogP contribution is -2.26. The summed E-state index contributed by atoms with van der Waals surface area (Å²) >= 11 is 5.53. The van der Waals surface area contributed by atoms with Crippen LogP contribution >= 0.6 is 11.6 Å². The van der Waals surface area contributed by atoms with Crippen LogP contribution in [0.1, 0.15) is 38.3 Å². The predicted octanol–water partition coefficient (Wildman–Crippen LogP) is 4.14. The van der Waals surface area contributed by atoms with E-state index in [4.69, 9.17) is 11.6 Å². The molecule has 1 N–H and O–H groups in total. The second-order valence-corrected chi connectivity index (χ2v) is 5.34. The lowest BCUT2D eigenvalue weighted by molar-refractivity contribution is -0.141. The van der Waals surface area contributed by atoms with Crippen molar-refractivity contribution < 1.29 is 13.2 Å². The molecule has 0 atom stereocenters. The molecular weight excluding hydrogens is 279 g/mol. The summed E-state index contributed by atoms with van der Waals surface area (Å²) < 4.78 is 37.8. The molecule has 0 bridgehead atoms. The van der Waals surface area contributed by atoms with Gasteiger partial charge in [0.1, 0.15) is 5.82 Å². The molecule has 0 aromatic carbocycles. The lowest BCUT2D eigenvalue weighted by atomic mass is 9.87. The number of halogens is 4. The Bertz CT molecular complexity index is 442. The molecule has 0 aliphatic heterocycles. The van der Waals surface area contributed by atoms with Crippen molar-refractivity contribution in [2.45, 2.75) is 44.8 Å². The van der Waals surface area contributed by atoms with Crippen molar-refractivity contribution in [3.05, 3.63) is 17.0 Å². The van der Waals surface area contributed by atoms with E-state index in [1.807, 2.05) is 0 Å². The molecule has 0 amide bonds. The molecule has 1 aliphatic rings. The highest BCUT2D eigenvalue weighted by atomic mass is 35.5. The first-order chi connectivity index (χ1) is 8.84. The number of rotatable bonds is 2. The summed E-state index contributed by atoms with van der Waals surface area (Å²) in [6, 6.07) is 1.06. The number of nitrogens with zero attached hydrogens (tertiary/aromatic N) is 2. The maximum absolute atomic E-state index is 12.6. The fraction of sp³-hybridized carbons (Fsp3) is 0.667. The van der Waals surface area contributed by atoms with E-state index in [1.165, 1.54) is 0 Å². The van der Waals surface area contributed by atoms with Crippen LogP contribution in [0.5, 0.6) is 0 Å². The lowest BCUT2D eigenvalue weighted by Gasteiger charge is -2.27. The number of hydrogen-bond acceptors (Lipinski definition) is 3. The van der Waals surface area contributed by atoms with Gasteiger partial charge in [-0.1, -0.05) is 6.92 Å². The Morgan fingerprint density at radius 2 is 1.84 bits per heavy atom. The SMILES string of the molecule is CC1CCC(Nc2cc(C(F)(F)F)nc(Cl)n2)CC1. The summed E-state index contributed by atoms with van der Waals surface area (Å²) in [6.45, 7) is 2.18. The molecule has 1 aliphatic carbocycles. The largest absolute Gasteiger partial charge is 0.433 e. The number of anilines is 1. The van der Waals surface area contributed by atoms with Gasteiger partial charge in [-0.25, -0.2) is 9.97 Å². The Kier molecular flexibility index (Phi) is 4.18. The zero-order valence-corrected chi connectivity index (χ0v) is 11.2. The van der Waals surface area contributed by atoms with Gasteiger partial charge in [-0.15, -0.1) is 0 Å². The predicted molar refractivity (Wildman–Crippen MR) is 67.1 cm³/mol. The molecule has 2 rings (SSSR count). The molecule has 3 nitrogen and oxygen atoms in total. The first-order valence-corrected chi connectivity index (χ1v) is 6.60. The van der Waals surface area contributed by atoms with Crippen LogP contribution in [0.4, 0.5) is 19.0 Å². The highest BCUT2D eigenvalue weighted by Gasteiger charge is 2.33. The van der Waals surface area contributed by atoms with Crippen LogP contribution in [-0.2, 0) is 6.18 Å². The molecule has 106 valence electrons. The van der Waals surface area contributed by atoms with E-state index in [1.54, 1.807) is 0 Å². The van der Waals surface area contributed by atoms with Crippen molar-refractivity contribution in [3.63, 3.8) is 0 Å². The summed E-state index contributed by atoms with van der Waals surface area (Å²) in [7, 11) is 0. The van der Waals surface area contributed by atoms with Gasteiger partial charge in [0.25, 0.3) is 0 Å². The highest BCUT2D eigenvalue weighted by Crippen LogP contribution is 2.31. The van der Waals surface area contributed by atoms with Gasteiger partial charge in [0.15, 0.2) is 5.69 Å². The Labute approximate surface area is 114 Å². The van der Waals surface area contributed by atoms with E-state index >= 15 is 0 Å². The fourth-order valence-electron chi connectivity index (χ4n) is 2.25. The number of aromatic nitrogens is 2. The summed E-state index contributed by atoms with van der Waals surface area (Å²) in [4.78, 5) is 7.00. The Morgan fingerprint density at radius 3 is 2.42 bits per heavy atom. The summed E-state index contributed by atoms with van der Waals surface area (Å²) in [5.41, 5.74) is -1.01. The van der Waals surface area contributed by atoms with E-state index < -0.39 is 11.9 Å². The monoisotopic (exact) mass is 293 g/mol. The normalized spacial score (nSPS) is 24.3. The van der Waals surface area contributed by atoms with Crippen molar-refractivity contribution in [1.29, 1.82) is 0 Å². The minimum atomic E-state index is -4.51. The molecule has 1 fully saturated rings. The summed E-state index contributed by atoms with van der Waals surface area (Å²) in [5, 5.41) is 2.63. The number of hydrogen-bond donors (Lipinski definition) is 1. The van der Waals surface area contributed by atoms with Crippen LogP contribution in [0, 0.1) is 5.92 Å². The van der Waals surface area contributed by atoms with Gasteiger partial charge < -0.3 is 5.32 Å². The molecule has 0 unspecified atom stereocenters. The second-order valence-electron chi connectivity index (χ2n) is 5.01. The van der Waals surface area contributed by atoms with Gasteiger partial charge in [-0.3, -0.25) is 0 Å². The van der Waals surface area contributed by atoms with Crippen LogP contribution in [0.25, 0.3) is 0 Å². The van der Waals surface area contributed by atoms with Crippen molar-refractivity contribution in [2.24, 2.45) is 5.92 Å². The molecule has 1 saturated carbocycles. The Balaban J connectivity index is 2.10. The van der Waals surface area contributed by atoms with E-state index in [0.29, 0.717) is 5.92 Å². The van der Waals surface area contributed by atoms with Crippen LogP contribution < -0.4 is 5.32 Å². The molecule has 1 aromatic heterocycles. The summed E-state index contributed by atoms with van der Waals surface area (Å²) in [5.74, 6) is 0.824. The number of alkyl halides is 3. The third-order valence-electron chi connectivity index (χ3n) is 3.36. The van der Waals surface area contributed by atoms with E-state index in [9.17, 15) is 13.2 Å². The maximum Gasteiger partial charge on any atom is 0.433 e. The second kappa shape index (κ2) is 5.53. The molecule has 1 aromatic rings. The van der Waals surface area contributed by atoms with Gasteiger partial charge >= 0.3 is 6.18 Å². The van der Waals surface area contributed by atoms with Crippen molar-refractivity contribution in [2.75, 3.05) is 5.32 Å². The van der Waals surface area contributed by atoms with Gasteiger partial charge in [0, 0.05) is 12.1 Å². The smallest absolute Gasteiger partial charge is 0.367 e.